The molecule has 0 fully saturated rings. The fourth-order valence-electron chi connectivity index (χ4n) is 3.40. The summed E-state index contributed by atoms with van der Waals surface area (Å²) in [5.74, 6) is 6.48. The summed E-state index contributed by atoms with van der Waals surface area (Å²) < 4.78 is 42.1. The zero-order chi connectivity index (χ0) is 24.0. The quantitative estimate of drug-likeness (QED) is 0.435. The summed E-state index contributed by atoms with van der Waals surface area (Å²) >= 11 is 0. The van der Waals surface area contributed by atoms with Gasteiger partial charge in [-0.15, -0.1) is 0 Å². The van der Waals surface area contributed by atoms with Crippen LogP contribution in [0.4, 0.5) is 0 Å². The Morgan fingerprint density at radius 1 is 1.21 bits per heavy atom. The van der Waals surface area contributed by atoms with Gasteiger partial charge < -0.3 is 14.3 Å². The standard InChI is InChI=1S/C23H28N4O5S/c1-5-18(26-33(28,29)22-9-8-16(3)12-19(22)31-6-2)23-20(30-4)13-17(14-21(23)32-24)15-27-11-7-10-25-27/h5,7-14,26H,6,15,24H2,1-4H3/b18-5+. The Labute approximate surface area is 193 Å². The molecule has 0 radical (unpaired) electrons. The van der Waals surface area contributed by atoms with Crippen molar-refractivity contribution in [3.05, 3.63) is 71.6 Å². The number of methoxy groups -OCH3 is 1. The third-order valence-corrected chi connectivity index (χ3v) is 6.27. The van der Waals surface area contributed by atoms with Crippen molar-refractivity contribution in [1.29, 1.82) is 0 Å². The van der Waals surface area contributed by atoms with Crippen LogP contribution < -0.4 is 24.9 Å². The normalized spacial score (nSPS) is 11.8. The van der Waals surface area contributed by atoms with E-state index in [2.05, 4.69) is 9.82 Å². The molecule has 10 heteroatoms. The minimum absolute atomic E-state index is 0.0267. The lowest BCUT2D eigenvalue weighted by molar-refractivity contribution is 0.328. The van der Waals surface area contributed by atoms with Crippen molar-refractivity contribution in [2.75, 3.05) is 13.7 Å². The van der Waals surface area contributed by atoms with Crippen LogP contribution in [-0.4, -0.2) is 31.9 Å². The third kappa shape index (κ3) is 5.47. The summed E-state index contributed by atoms with van der Waals surface area (Å²) in [5, 5.41) is 4.20. The highest BCUT2D eigenvalue weighted by Gasteiger charge is 2.25. The maximum absolute atomic E-state index is 13.3. The maximum Gasteiger partial charge on any atom is 0.265 e. The van der Waals surface area contributed by atoms with E-state index in [1.165, 1.54) is 13.2 Å². The van der Waals surface area contributed by atoms with Crippen LogP contribution in [0, 0.1) is 6.92 Å². The van der Waals surface area contributed by atoms with E-state index in [1.54, 1.807) is 55.1 Å². The minimum Gasteiger partial charge on any atom is -0.496 e. The molecular formula is C23H28N4O5S. The molecule has 0 saturated heterocycles. The molecule has 0 aliphatic heterocycles. The van der Waals surface area contributed by atoms with Gasteiger partial charge in [0.2, 0.25) is 0 Å². The van der Waals surface area contributed by atoms with E-state index in [1.807, 2.05) is 19.2 Å². The second-order valence-corrected chi connectivity index (χ2v) is 8.83. The molecule has 0 unspecified atom stereocenters. The molecule has 3 aromatic rings. The average molecular weight is 473 g/mol. The second kappa shape index (κ2) is 10.4. The summed E-state index contributed by atoms with van der Waals surface area (Å²) in [4.78, 5) is 5.15. The average Bonchev–Trinajstić information content (AvgIpc) is 3.30. The first-order valence-electron chi connectivity index (χ1n) is 10.3. The van der Waals surface area contributed by atoms with Crippen molar-refractivity contribution >= 4 is 15.7 Å². The highest BCUT2D eigenvalue weighted by Crippen LogP contribution is 2.36. The number of hydrogen-bond donors (Lipinski definition) is 2. The monoisotopic (exact) mass is 472 g/mol. The fourth-order valence-corrected chi connectivity index (χ4v) is 4.64. The predicted molar refractivity (Wildman–Crippen MR) is 125 cm³/mol. The molecule has 1 aromatic heterocycles. The Morgan fingerprint density at radius 2 is 1.97 bits per heavy atom. The van der Waals surface area contributed by atoms with E-state index in [0.717, 1.165) is 11.1 Å². The fraction of sp³-hybridized carbons (Fsp3) is 0.261. The molecule has 176 valence electrons. The van der Waals surface area contributed by atoms with Gasteiger partial charge >= 0.3 is 0 Å². The van der Waals surface area contributed by atoms with Gasteiger partial charge in [-0.05, 0) is 62.2 Å². The van der Waals surface area contributed by atoms with Crippen LogP contribution in [0.1, 0.15) is 30.5 Å². The zero-order valence-corrected chi connectivity index (χ0v) is 19.8. The van der Waals surface area contributed by atoms with E-state index in [9.17, 15) is 8.42 Å². The Balaban J connectivity index is 2.02. The van der Waals surface area contributed by atoms with Crippen molar-refractivity contribution in [3.63, 3.8) is 0 Å². The largest absolute Gasteiger partial charge is 0.496 e. The SMILES string of the molecule is C/C=C(/NS(=O)(=O)c1ccc(C)cc1OCC)c1c(OC)cc(Cn2cccn2)cc1ON. The smallest absolute Gasteiger partial charge is 0.265 e. The van der Waals surface area contributed by atoms with Crippen molar-refractivity contribution in [2.24, 2.45) is 5.90 Å². The molecule has 33 heavy (non-hydrogen) atoms. The molecule has 2 aromatic carbocycles. The van der Waals surface area contributed by atoms with E-state index in [0.29, 0.717) is 24.5 Å². The van der Waals surface area contributed by atoms with Gasteiger partial charge in [-0.25, -0.2) is 8.42 Å². The molecule has 0 bridgehead atoms. The molecule has 3 N–H and O–H groups in total. The van der Waals surface area contributed by atoms with Crippen LogP contribution in [0.3, 0.4) is 0 Å². The summed E-state index contributed by atoms with van der Waals surface area (Å²) in [5.41, 5.74) is 2.33. The van der Waals surface area contributed by atoms with Gasteiger partial charge in [-0.2, -0.15) is 11.0 Å². The number of hydrogen-bond acceptors (Lipinski definition) is 7. The van der Waals surface area contributed by atoms with Crippen LogP contribution in [0.2, 0.25) is 0 Å². The third-order valence-electron chi connectivity index (χ3n) is 4.87. The molecule has 9 nitrogen and oxygen atoms in total. The lowest BCUT2D eigenvalue weighted by Gasteiger charge is -2.19. The van der Waals surface area contributed by atoms with Crippen LogP contribution in [0.5, 0.6) is 17.2 Å². The molecule has 0 spiro atoms. The van der Waals surface area contributed by atoms with Gasteiger partial charge in [0.1, 0.15) is 16.4 Å². The summed E-state index contributed by atoms with van der Waals surface area (Å²) in [6.45, 7) is 6.15. The molecule has 0 saturated carbocycles. The van der Waals surface area contributed by atoms with Gasteiger partial charge in [-0.3, -0.25) is 9.40 Å². The first kappa shape index (κ1) is 24.1. The van der Waals surface area contributed by atoms with Crippen molar-refractivity contribution in [3.8, 4) is 17.2 Å². The summed E-state index contributed by atoms with van der Waals surface area (Å²) in [7, 11) is -2.51. The van der Waals surface area contributed by atoms with Crippen molar-refractivity contribution in [1.82, 2.24) is 14.5 Å². The maximum atomic E-state index is 13.3. The number of rotatable bonds is 10. The van der Waals surface area contributed by atoms with Gasteiger partial charge in [0.15, 0.2) is 5.75 Å². The number of nitrogens with zero attached hydrogens (tertiary/aromatic N) is 2. The van der Waals surface area contributed by atoms with Crippen LogP contribution in [-0.2, 0) is 16.6 Å². The van der Waals surface area contributed by atoms with Gasteiger partial charge in [0.25, 0.3) is 10.0 Å². The van der Waals surface area contributed by atoms with Crippen LogP contribution in [0.25, 0.3) is 5.70 Å². The Hall–Kier alpha value is -3.50. The first-order valence-corrected chi connectivity index (χ1v) is 11.8. The summed E-state index contributed by atoms with van der Waals surface area (Å²) in [6, 6.07) is 10.2. The Bertz CT molecular complexity index is 1210. The number of nitrogens with one attached hydrogen (secondary N) is 1. The predicted octanol–water partition coefficient (Wildman–Crippen LogP) is 3.24. The van der Waals surface area contributed by atoms with E-state index < -0.39 is 10.0 Å². The molecule has 0 aliphatic carbocycles. The highest BCUT2D eigenvalue weighted by molar-refractivity contribution is 7.90. The van der Waals surface area contributed by atoms with Crippen LogP contribution in [0.15, 0.2) is 59.8 Å². The molecule has 0 aliphatic rings. The number of aromatic nitrogens is 2. The number of aryl methyl sites for hydroxylation is 1. The Kier molecular flexibility index (Phi) is 7.62. The van der Waals surface area contributed by atoms with Gasteiger partial charge in [0.05, 0.1) is 31.5 Å². The van der Waals surface area contributed by atoms with Crippen molar-refractivity contribution in [2.45, 2.75) is 32.2 Å². The van der Waals surface area contributed by atoms with Crippen LogP contribution >= 0.6 is 0 Å². The summed E-state index contributed by atoms with van der Waals surface area (Å²) in [6.07, 6.45) is 5.12. The molecule has 0 atom stereocenters. The topological polar surface area (TPSA) is 118 Å². The van der Waals surface area contributed by atoms with E-state index in [-0.39, 0.29) is 22.1 Å². The molecule has 1 heterocycles. The van der Waals surface area contributed by atoms with Gasteiger partial charge in [0, 0.05) is 12.4 Å². The lowest BCUT2D eigenvalue weighted by atomic mass is 10.1. The number of ether oxygens (including phenoxy) is 2. The lowest BCUT2D eigenvalue weighted by Crippen LogP contribution is -2.24. The molecular weight excluding hydrogens is 444 g/mol. The van der Waals surface area contributed by atoms with Crippen molar-refractivity contribution < 1.29 is 22.7 Å². The van der Waals surface area contributed by atoms with E-state index in [4.69, 9.17) is 20.2 Å². The number of sulfonamides is 1. The van der Waals surface area contributed by atoms with E-state index >= 15 is 0 Å². The zero-order valence-electron chi connectivity index (χ0n) is 19.0. The highest BCUT2D eigenvalue weighted by atomic mass is 32.2. The molecule has 0 amide bonds. The second-order valence-electron chi connectivity index (χ2n) is 7.18. The minimum atomic E-state index is -4.00. The number of benzene rings is 2. The Morgan fingerprint density at radius 3 is 2.58 bits per heavy atom. The number of nitrogens with two attached hydrogens (primary N) is 1. The van der Waals surface area contributed by atoms with Gasteiger partial charge in [-0.1, -0.05) is 12.1 Å². The first-order chi connectivity index (χ1) is 15.8. The number of allylic oxidation sites excluding steroid dienone is 1. The molecule has 3 rings (SSSR count).